The van der Waals surface area contributed by atoms with E-state index in [-0.39, 0.29) is 5.41 Å². The van der Waals surface area contributed by atoms with E-state index in [1.165, 1.54) is 0 Å². The van der Waals surface area contributed by atoms with Crippen molar-refractivity contribution in [3.8, 4) is 11.6 Å². The number of benzene rings is 1. The molecule has 0 amide bonds. The maximum absolute atomic E-state index is 5.96. The lowest BCUT2D eigenvalue weighted by Gasteiger charge is -2.19. The summed E-state index contributed by atoms with van der Waals surface area (Å²) in [4.78, 5) is 4.58. The van der Waals surface area contributed by atoms with Crippen LogP contribution in [-0.2, 0) is 11.3 Å². The van der Waals surface area contributed by atoms with Crippen LogP contribution >= 0.6 is 27.5 Å². The van der Waals surface area contributed by atoms with Gasteiger partial charge >= 0.3 is 0 Å². The highest BCUT2D eigenvalue weighted by Gasteiger charge is 2.17. The second kappa shape index (κ2) is 6.15. The number of hydrogen-bond donors (Lipinski definition) is 0. The van der Waals surface area contributed by atoms with E-state index in [1.54, 1.807) is 0 Å². The van der Waals surface area contributed by atoms with Crippen molar-refractivity contribution < 1.29 is 4.74 Å². The third kappa shape index (κ3) is 3.97. The Kier molecular flexibility index (Phi) is 4.71. The first-order valence-corrected chi connectivity index (χ1v) is 7.72. The summed E-state index contributed by atoms with van der Waals surface area (Å²) >= 11 is 9.36. The van der Waals surface area contributed by atoms with Crippen molar-refractivity contribution in [3.63, 3.8) is 0 Å². The Bertz CT molecular complexity index is 590. The number of ether oxygens (including phenoxy) is 1. The first-order chi connectivity index (χ1) is 9.38. The second-order valence-corrected chi connectivity index (χ2v) is 6.82. The fourth-order valence-electron chi connectivity index (χ4n) is 1.70. The Morgan fingerprint density at radius 2 is 1.80 bits per heavy atom. The lowest BCUT2D eigenvalue weighted by molar-refractivity contribution is 0.451. The molecule has 0 saturated carbocycles. The number of hydrogen-bond acceptors (Lipinski definition) is 2. The zero-order chi connectivity index (χ0) is 14.8. The largest absolute Gasteiger partial charge is 0.439 e. The number of rotatable bonds is 3. The monoisotopic (exact) mass is 353 g/mol. The first-order valence-electron chi connectivity index (χ1n) is 6.39. The molecule has 0 N–H and O–H groups in total. The topological polar surface area (TPSA) is 22.1 Å². The van der Waals surface area contributed by atoms with Crippen LogP contribution in [0.2, 0.25) is 0 Å². The zero-order valence-corrected chi connectivity index (χ0v) is 14.1. The van der Waals surface area contributed by atoms with Crippen molar-refractivity contribution in [3.05, 3.63) is 52.1 Å². The molecular formula is C16H17BrClNO. The molecule has 2 aromatic rings. The fourth-order valence-corrected chi connectivity index (χ4v) is 2.11. The zero-order valence-electron chi connectivity index (χ0n) is 11.8. The van der Waals surface area contributed by atoms with Crippen LogP contribution in [0.5, 0.6) is 11.6 Å². The second-order valence-electron chi connectivity index (χ2n) is 5.64. The van der Waals surface area contributed by atoms with Crippen LogP contribution in [0, 0.1) is 0 Å². The minimum absolute atomic E-state index is 0.0418. The maximum Gasteiger partial charge on any atom is 0.219 e. The van der Waals surface area contributed by atoms with Gasteiger partial charge in [0.1, 0.15) is 5.75 Å². The summed E-state index contributed by atoms with van der Waals surface area (Å²) in [5.74, 6) is 1.78. The molecule has 106 valence electrons. The molecule has 0 aliphatic heterocycles. The van der Waals surface area contributed by atoms with Crippen LogP contribution in [0.25, 0.3) is 0 Å². The maximum atomic E-state index is 5.96. The molecule has 0 fully saturated rings. The summed E-state index contributed by atoms with van der Waals surface area (Å²) in [5.41, 5.74) is 1.95. The van der Waals surface area contributed by atoms with Crippen LogP contribution in [0.4, 0.5) is 0 Å². The summed E-state index contributed by atoms with van der Waals surface area (Å²) < 4.78 is 6.84. The average Bonchev–Trinajstić information content (AvgIpc) is 2.40. The van der Waals surface area contributed by atoms with Gasteiger partial charge in [0.15, 0.2) is 0 Å². The van der Waals surface area contributed by atoms with Gasteiger partial charge in [-0.2, -0.15) is 0 Å². The molecule has 0 aliphatic rings. The highest BCUT2D eigenvalue weighted by atomic mass is 79.9. The van der Waals surface area contributed by atoms with E-state index in [9.17, 15) is 0 Å². The SMILES string of the molecule is CC(C)(C)c1cc(CCl)cc(Oc2ccc(Br)cc2)n1. The van der Waals surface area contributed by atoms with E-state index in [4.69, 9.17) is 16.3 Å². The Hall–Kier alpha value is -1.06. The molecule has 0 radical (unpaired) electrons. The number of alkyl halides is 1. The standard InChI is InChI=1S/C16H17BrClNO/c1-16(2,3)14-8-11(10-18)9-15(19-14)20-13-6-4-12(17)5-7-13/h4-9H,10H2,1-3H3. The van der Waals surface area contributed by atoms with Gasteiger partial charge in [-0.25, -0.2) is 4.98 Å². The quantitative estimate of drug-likeness (QED) is 0.662. The van der Waals surface area contributed by atoms with Crippen molar-refractivity contribution in [2.75, 3.05) is 0 Å². The molecular weight excluding hydrogens is 338 g/mol. The summed E-state index contributed by atoms with van der Waals surface area (Å²) in [5, 5.41) is 0. The van der Waals surface area contributed by atoms with Gasteiger partial charge < -0.3 is 4.74 Å². The van der Waals surface area contributed by atoms with Gasteiger partial charge in [0, 0.05) is 21.8 Å². The van der Waals surface area contributed by atoms with Crippen molar-refractivity contribution in [2.24, 2.45) is 0 Å². The van der Waals surface area contributed by atoms with Crippen molar-refractivity contribution >= 4 is 27.5 Å². The van der Waals surface area contributed by atoms with E-state index in [1.807, 2.05) is 36.4 Å². The summed E-state index contributed by atoms with van der Waals surface area (Å²) in [7, 11) is 0. The molecule has 0 saturated heterocycles. The summed E-state index contributed by atoms with van der Waals surface area (Å²) in [6, 6.07) is 11.6. The van der Waals surface area contributed by atoms with Crippen LogP contribution < -0.4 is 4.74 Å². The normalized spacial score (nSPS) is 11.4. The summed E-state index contributed by atoms with van der Waals surface area (Å²) in [6.07, 6.45) is 0. The average molecular weight is 355 g/mol. The van der Waals surface area contributed by atoms with Gasteiger partial charge in [-0.15, -0.1) is 11.6 Å². The molecule has 0 aliphatic carbocycles. The van der Waals surface area contributed by atoms with Gasteiger partial charge in [-0.1, -0.05) is 36.7 Å². The Morgan fingerprint density at radius 1 is 1.15 bits per heavy atom. The summed E-state index contributed by atoms with van der Waals surface area (Å²) in [6.45, 7) is 6.37. The highest BCUT2D eigenvalue weighted by molar-refractivity contribution is 9.10. The molecule has 1 aromatic heterocycles. The molecule has 0 bridgehead atoms. The molecule has 0 spiro atoms. The van der Waals surface area contributed by atoms with Crippen LogP contribution in [0.3, 0.4) is 0 Å². The van der Waals surface area contributed by atoms with Crippen LogP contribution in [0.1, 0.15) is 32.0 Å². The highest BCUT2D eigenvalue weighted by Crippen LogP contribution is 2.28. The third-order valence-corrected chi connectivity index (χ3v) is 3.66. The molecule has 1 aromatic carbocycles. The van der Waals surface area contributed by atoms with E-state index < -0.39 is 0 Å². The predicted octanol–water partition coefficient (Wildman–Crippen LogP) is 5.67. The molecule has 1 heterocycles. The fraction of sp³-hybridized carbons (Fsp3) is 0.312. The molecule has 2 nitrogen and oxygen atoms in total. The van der Waals surface area contributed by atoms with Gasteiger partial charge in [-0.05, 0) is 35.9 Å². The van der Waals surface area contributed by atoms with Gasteiger partial charge in [0.05, 0.1) is 5.69 Å². The van der Waals surface area contributed by atoms with Crippen LogP contribution in [-0.4, -0.2) is 4.98 Å². The number of pyridine rings is 1. The Morgan fingerprint density at radius 3 is 2.35 bits per heavy atom. The minimum atomic E-state index is -0.0418. The van der Waals surface area contributed by atoms with E-state index in [0.717, 1.165) is 21.5 Å². The van der Waals surface area contributed by atoms with Gasteiger partial charge in [0.25, 0.3) is 0 Å². The third-order valence-electron chi connectivity index (χ3n) is 2.82. The smallest absolute Gasteiger partial charge is 0.219 e. The van der Waals surface area contributed by atoms with Gasteiger partial charge in [-0.3, -0.25) is 0 Å². The molecule has 0 atom stereocenters. The molecule has 20 heavy (non-hydrogen) atoms. The van der Waals surface area contributed by atoms with E-state index in [2.05, 4.69) is 41.7 Å². The lowest BCUT2D eigenvalue weighted by Crippen LogP contribution is -2.14. The predicted molar refractivity (Wildman–Crippen MR) is 86.7 cm³/mol. The van der Waals surface area contributed by atoms with Crippen LogP contribution in [0.15, 0.2) is 40.9 Å². The Balaban J connectivity index is 2.33. The van der Waals surface area contributed by atoms with Gasteiger partial charge in [0.2, 0.25) is 5.88 Å². The van der Waals surface area contributed by atoms with Crippen molar-refractivity contribution in [1.29, 1.82) is 0 Å². The molecule has 2 rings (SSSR count). The molecule has 0 unspecified atom stereocenters. The van der Waals surface area contributed by atoms with E-state index >= 15 is 0 Å². The number of nitrogens with zero attached hydrogens (tertiary/aromatic N) is 1. The van der Waals surface area contributed by atoms with Crippen molar-refractivity contribution in [2.45, 2.75) is 32.1 Å². The Labute approximate surface area is 133 Å². The minimum Gasteiger partial charge on any atom is -0.439 e. The number of halogens is 2. The van der Waals surface area contributed by atoms with E-state index in [0.29, 0.717) is 11.8 Å². The number of aromatic nitrogens is 1. The molecule has 4 heteroatoms. The lowest BCUT2D eigenvalue weighted by atomic mass is 9.91. The van der Waals surface area contributed by atoms with Crippen molar-refractivity contribution in [1.82, 2.24) is 4.98 Å². The first kappa shape index (κ1) is 15.3.